The van der Waals surface area contributed by atoms with E-state index in [1.807, 2.05) is 7.05 Å². The van der Waals surface area contributed by atoms with Gasteiger partial charge in [0.25, 0.3) is 5.69 Å². The molecule has 1 saturated heterocycles. The average Bonchev–Trinajstić information content (AvgIpc) is 3.00. The lowest BCUT2D eigenvalue weighted by Crippen LogP contribution is -2.50. The first-order valence-corrected chi connectivity index (χ1v) is 9.46. The highest BCUT2D eigenvalue weighted by molar-refractivity contribution is 7.94. The summed E-state index contributed by atoms with van der Waals surface area (Å²) >= 11 is 1.35. The molecule has 1 aromatic carbocycles. The number of nitro groups is 1. The second-order valence-corrected chi connectivity index (χ2v) is 8.25. The molecule has 0 aromatic heterocycles. The highest BCUT2D eigenvalue weighted by Gasteiger charge is 2.50. The molecule has 1 N–H and O–H groups in total. The first kappa shape index (κ1) is 18.6. The van der Waals surface area contributed by atoms with E-state index in [1.54, 1.807) is 18.2 Å². The Hall–Kier alpha value is -1.19. The Balaban J connectivity index is 1.81. The number of aliphatic hydroxyl groups excluding tert-OH is 1. The number of nitrogens with zero attached hydrogens (tertiary/aromatic N) is 2. The number of ether oxygens (including phenoxy) is 2. The number of hydrogen-bond donors (Lipinski definition) is 1. The van der Waals surface area contributed by atoms with Gasteiger partial charge < -0.3 is 9.84 Å². The van der Waals surface area contributed by atoms with E-state index >= 15 is 0 Å². The summed E-state index contributed by atoms with van der Waals surface area (Å²) in [5.41, 5.74) is 0.0704. The molecule has 3 rings (SSSR count). The molecule has 1 spiro atoms. The van der Waals surface area contributed by atoms with Gasteiger partial charge in [-0.2, -0.15) is 0 Å². The summed E-state index contributed by atoms with van der Waals surface area (Å²) in [6, 6.07) is 6.68. The molecule has 0 bridgehead atoms. The van der Waals surface area contributed by atoms with Gasteiger partial charge in [-0.3, -0.25) is 14.9 Å². The average molecular weight is 369 g/mol. The molecule has 1 aliphatic carbocycles. The molecular weight excluding hydrogens is 344 g/mol. The van der Waals surface area contributed by atoms with Crippen LogP contribution < -0.4 is 0 Å². The van der Waals surface area contributed by atoms with Crippen molar-refractivity contribution in [1.29, 1.82) is 0 Å². The van der Waals surface area contributed by atoms with Crippen LogP contribution in [0.4, 0.5) is 5.69 Å². The number of para-hydroxylation sites is 1. The summed E-state index contributed by atoms with van der Waals surface area (Å²) < 4.78 is 12.6. The van der Waals surface area contributed by atoms with Crippen LogP contribution in [0.25, 0.3) is 0 Å². The van der Waals surface area contributed by atoms with E-state index < -0.39 is 5.79 Å². The van der Waals surface area contributed by atoms with E-state index in [2.05, 4.69) is 0 Å². The molecule has 1 heterocycles. The summed E-state index contributed by atoms with van der Waals surface area (Å²) in [6.07, 6.45) is 4.89. The third-order valence-electron chi connectivity index (χ3n) is 4.98. The normalized spacial score (nSPS) is 25.0. The van der Waals surface area contributed by atoms with Crippen LogP contribution in [0.1, 0.15) is 32.1 Å². The molecule has 1 saturated carbocycles. The quantitative estimate of drug-likeness (QED) is 0.359. The summed E-state index contributed by atoms with van der Waals surface area (Å²) in [5, 5.41) is 20.9. The molecule has 2 unspecified atom stereocenters. The van der Waals surface area contributed by atoms with Crippen LogP contribution >= 0.6 is 11.9 Å². The maximum atomic E-state index is 11.3. The zero-order valence-corrected chi connectivity index (χ0v) is 15.2. The second-order valence-electron chi connectivity index (χ2n) is 6.79. The maximum Gasteiger partial charge on any atom is 0.288 e. The fourth-order valence-electron chi connectivity index (χ4n) is 3.52. The molecule has 1 aromatic rings. The number of rotatable bonds is 6. The van der Waals surface area contributed by atoms with Crippen molar-refractivity contribution < 1.29 is 23.4 Å². The number of likely N-dealkylation sites (N-methyl/N-ethyl adjacent to an activating group) is 1. The molecule has 2 fully saturated rings. The van der Waals surface area contributed by atoms with Crippen LogP contribution in [0.3, 0.4) is 0 Å². The zero-order valence-electron chi connectivity index (χ0n) is 14.4. The number of nitro benzene ring substituents is 1. The van der Waals surface area contributed by atoms with Gasteiger partial charge in [-0.25, -0.2) is 3.89 Å². The van der Waals surface area contributed by atoms with Gasteiger partial charge in [0.1, 0.15) is 30.0 Å². The van der Waals surface area contributed by atoms with Crippen molar-refractivity contribution in [3.05, 3.63) is 34.4 Å². The third kappa shape index (κ3) is 3.98. The van der Waals surface area contributed by atoms with Crippen molar-refractivity contribution in [2.75, 3.05) is 26.8 Å². The van der Waals surface area contributed by atoms with Crippen molar-refractivity contribution in [1.82, 2.24) is 0 Å². The van der Waals surface area contributed by atoms with E-state index in [4.69, 9.17) is 9.47 Å². The first-order chi connectivity index (χ1) is 12.0. The lowest BCUT2D eigenvalue weighted by atomic mass is 9.94. The van der Waals surface area contributed by atoms with Gasteiger partial charge in [0, 0.05) is 18.9 Å². The monoisotopic (exact) mass is 369 g/mol. The van der Waals surface area contributed by atoms with Crippen LogP contribution in [0, 0.1) is 10.1 Å². The molecule has 1 aliphatic heterocycles. The van der Waals surface area contributed by atoms with Gasteiger partial charge in [-0.1, -0.05) is 18.6 Å². The van der Waals surface area contributed by atoms with E-state index in [0.29, 0.717) is 18.0 Å². The smallest absolute Gasteiger partial charge is 0.288 e. The van der Waals surface area contributed by atoms with E-state index in [0.717, 1.165) is 25.7 Å². The van der Waals surface area contributed by atoms with Gasteiger partial charge in [-0.15, -0.1) is 0 Å². The molecular formula is C17H25N2O5S+. The zero-order chi connectivity index (χ0) is 17.9. The summed E-state index contributed by atoms with van der Waals surface area (Å²) in [6.45, 7) is 0.821. The van der Waals surface area contributed by atoms with Crippen LogP contribution in [0.15, 0.2) is 29.2 Å². The Kier molecular flexibility index (Phi) is 5.65. The second kappa shape index (κ2) is 7.59. The molecule has 0 amide bonds. The molecule has 2 aliphatic rings. The van der Waals surface area contributed by atoms with Gasteiger partial charge in [0.05, 0.1) is 18.6 Å². The van der Waals surface area contributed by atoms with Crippen LogP contribution in [-0.4, -0.2) is 52.7 Å². The molecule has 2 atom stereocenters. The van der Waals surface area contributed by atoms with Gasteiger partial charge in [0.15, 0.2) is 5.79 Å². The summed E-state index contributed by atoms with van der Waals surface area (Å²) in [4.78, 5) is 11.5. The van der Waals surface area contributed by atoms with Gasteiger partial charge in [-0.05, 0) is 18.9 Å². The first-order valence-electron chi connectivity index (χ1n) is 8.69. The van der Waals surface area contributed by atoms with Crippen molar-refractivity contribution in [2.45, 2.75) is 49.0 Å². The Morgan fingerprint density at radius 1 is 1.36 bits per heavy atom. The van der Waals surface area contributed by atoms with Crippen LogP contribution in [0.5, 0.6) is 0 Å². The predicted molar refractivity (Wildman–Crippen MR) is 93.7 cm³/mol. The van der Waals surface area contributed by atoms with Gasteiger partial charge in [0.2, 0.25) is 6.23 Å². The summed E-state index contributed by atoms with van der Waals surface area (Å²) in [5.74, 6) is -0.513. The SMILES string of the molecule is C[N+](CCO)(Sc1ccccc1[N+](=O)[O-])C1COC2(CCCCC2)O1. The Morgan fingerprint density at radius 3 is 2.76 bits per heavy atom. The molecule has 138 valence electrons. The standard InChI is InChI=1S/C17H25N2O5S/c1-19(11-12-20,25-15-8-4-3-7-14(15)18(21)22)16-13-23-17(24-16)9-5-2-6-10-17/h3-4,7-8,16,20H,2,5-6,9-13H2,1H3/q+1. The van der Waals surface area contributed by atoms with Crippen molar-refractivity contribution in [2.24, 2.45) is 0 Å². The van der Waals surface area contributed by atoms with Crippen LogP contribution in [0.2, 0.25) is 0 Å². The van der Waals surface area contributed by atoms with Crippen molar-refractivity contribution in [3.63, 3.8) is 0 Å². The largest absolute Gasteiger partial charge is 0.390 e. The Bertz CT molecular complexity index is 623. The molecule has 8 heteroatoms. The highest BCUT2D eigenvalue weighted by atomic mass is 32.2. The molecule has 0 radical (unpaired) electrons. The third-order valence-corrected chi connectivity index (χ3v) is 6.35. The fourth-order valence-corrected chi connectivity index (χ4v) is 4.74. The number of aliphatic hydroxyl groups is 1. The van der Waals surface area contributed by atoms with Gasteiger partial charge >= 0.3 is 0 Å². The fraction of sp³-hybridized carbons (Fsp3) is 0.647. The van der Waals surface area contributed by atoms with Crippen molar-refractivity contribution in [3.8, 4) is 0 Å². The predicted octanol–water partition coefficient (Wildman–Crippen LogP) is 3.07. The number of hydrogen-bond acceptors (Lipinski definition) is 6. The van der Waals surface area contributed by atoms with E-state index in [1.165, 1.54) is 24.4 Å². The molecule has 25 heavy (non-hydrogen) atoms. The number of benzene rings is 1. The lowest BCUT2D eigenvalue weighted by molar-refractivity contribution is -0.828. The van der Waals surface area contributed by atoms with Crippen LogP contribution in [-0.2, 0) is 9.47 Å². The topological polar surface area (TPSA) is 81.8 Å². The highest BCUT2D eigenvalue weighted by Crippen LogP contribution is 2.44. The minimum Gasteiger partial charge on any atom is -0.390 e. The van der Waals surface area contributed by atoms with E-state index in [-0.39, 0.29) is 27.3 Å². The lowest BCUT2D eigenvalue weighted by Gasteiger charge is -2.37. The Labute approximate surface area is 151 Å². The summed E-state index contributed by atoms with van der Waals surface area (Å²) in [7, 11) is 1.94. The maximum absolute atomic E-state index is 11.3. The van der Waals surface area contributed by atoms with E-state index in [9.17, 15) is 15.2 Å². The minimum absolute atomic E-state index is 0.0308. The number of quaternary nitrogens is 1. The molecule has 7 nitrogen and oxygen atoms in total. The Morgan fingerprint density at radius 2 is 2.08 bits per heavy atom. The van der Waals surface area contributed by atoms with Crippen molar-refractivity contribution >= 4 is 17.6 Å². The minimum atomic E-state index is -0.513.